The standard InChI is InChI=1S/C25H35NO5/c1-6-25(2,3)26-16-20(27)17-31-22-10-8-7-9-18(22)11-13-21(28)19-12-14-23(29-4)24(15-19)30-5/h7-10,12,14-15,20,26-27H,6,11,13,16-17H2,1-5H3. The van der Waals surface area contributed by atoms with E-state index in [1.54, 1.807) is 32.4 Å². The number of aryl methyl sites for hydroxylation is 1. The fraction of sp³-hybridized carbons (Fsp3) is 0.480. The number of ether oxygens (including phenoxy) is 3. The van der Waals surface area contributed by atoms with E-state index in [0.29, 0.717) is 42.2 Å². The predicted octanol–water partition coefficient (Wildman–Crippen LogP) is 4.04. The summed E-state index contributed by atoms with van der Waals surface area (Å²) >= 11 is 0. The Labute approximate surface area is 185 Å². The summed E-state index contributed by atoms with van der Waals surface area (Å²) in [6.07, 6.45) is 1.23. The van der Waals surface area contributed by atoms with Crippen molar-refractivity contribution in [1.29, 1.82) is 0 Å². The average molecular weight is 430 g/mol. The number of nitrogens with one attached hydrogen (secondary N) is 1. The molecule has 0 radical (unpaired) electrons. The third kappa shape index (κ3) is 7.56. The molecule has 0 spiro atoms. The molecule has 6 nitrogen and oxygen atoms in total. The minimum Gasteiger partial charge on any atom is -0.493 e. The molecule has 2 aromatic carbocycles. The van der Waals surface area contributed by atoms with E-state index in [1.807, 2.05) is 24.3 Å². The average Bonchev–Trinajstić information content (AvgIpc) is 2.79. The van der Waals surface area contributed by atoms with Gasteiger partial charge in [0, 0.05) is 24.1 Å². The molecule has 1 atom stereocenters. The van der Waals surface area contributed by atoms with Crippen LogP contribution in [-0.2, 0) is 6.42 Å². The number of ketones is 1. The van der Waals surface area contributed by atoms with Gasteiger partial charge in [0.1, 0.15) is 18.5 Å². The number of carbonyl (C=O) groups excluding carboxylic acids is 1. The number of rotatable bonds is 13. The molecular formula is C25H35NO5. The first-order valence-electron chi connectivity index (χ1n) is 10.7. The number of Topliss-reactive ketones (excluding diaryl/α,β-unsaturated/α-hetero) is 1. The van der Waals surface area contributed by atoms with E-state index in [4.69, 9.17) is 14.2 Å². The maximum absolute atomic E-state index is 12.7. The predicted molar refractivity (Wildman–Crippen MR) is 123 cm³/mol. The van der Waals surface area contributed by atoms with Gasteiger partial charge in [-0.3, -0.25) is 4.79 Å². The van der Waals surface area contributed by atoms with Crippen LogP contribution in [0, 0.1) is 0 Å². The maximum atomic E-state index is 12.7. The van der Waals surface area contributed by atoms with E-state index < -0.39 is 6.10 Å². The van der Waals surface area contributed by atoms with Crippen molar-refractivity contribution in [2.75, 3.05) is 27.4 Å². The van der Waals surface area contributed by atoms with Crippen LogP contribution in [-0.4, -0.2) is 49.9 Å². The minimum absolute atomic E-state index is 0.0155. The Bertz CT molecular complexity index is 850. The molecule has 0 aromatic heterocycles. The van der Waals surface area contributed by atoms with Gasteiger partial charge in [-0.2, -0.15) is 0 Å². The summed E-state index contributed by atoms with van der Waals surface area (Å²) in [6.45, 7) is 6.96. The van der Waals surface area contributed by atoms with Crippen molar-refractivity contribution in [3.8, 4) is 17.2 Å². The van der Waals surface area contributed by atoms with Gasteiger partial charge in [0.05, 0.1) is 14.2 Å². The van der Waals surface area contributed by atoms with Crippen LogP contribution in [0.4, 0.5) is 0 Å². The van der Waals surface area contributed by atoms with Crippen molar-refractivity contribution in [2.24, 2.45) is 0 Å². The number of β-amino-alcohol motifs (C(OH)–C–C–N with tert-alkyl or cyclic N) is 1. The second kappa shape index (κ2) is 11.7. The molecule has 0 aliphatic carbocycles. The van der Waals surface area contributed by atoms with Gasteiger partial charge in [-0.05, 0) is 56.5 Å². The lowest BCUT2D eigenvalue weighted by Gasteiger charge is -2.26. The molecule has 0 aliphatic heterocycles. The molecule has 2 N–H and O–H groups in total. The van der Waals surface area contributed by atoms with E-state index in [2.05, 4.69) is 26.1 Å². The number of hydrogen-bond donors (Lipinski definition) is 2. The molecule has 0 saturated heterocycles. The van der Waals surface area contributed by atoms with Crippen molar-refractivity contribution in [1.82, 2.24) is 5.32 Å². The summed E-state index contributed by atoms with van der Waals surface area (Å²) in [5.74, 6) is 1.83. The Balaban J connectivity index is 1.94. The van der Waals surface area contributed by atoms with E-state index in [0.717, 1.165) is 12.0 Å². The highest BCUT2D eigenvalue weighted by Gasteiger charge is 2.17. The highest BCUT2D eigenvalue weighted by Crippen LogP contribution is 2.28. The van der Waals surface area contributed by atoms with Crippen LogP contribution in [0.2, 0.25) is 0 Å². The van der Waals surface area contributed by atoms with Crippen LogP contribution in [0.1, 0.15) is 49.5 Å². The highest BCUT2D eigenvalue weighted by atomic mass is 16.5. The number of methoxy groups -OCH3 is 2. The van der Waals surface area contributed by atoms with Crippen molar-refractivity contribution < 1.29 is 24.1 Å². The lowest BCUT2D eigenvalue weighted by Crippen LogP contribution is -2.44. The fourth-order valence-electron chi connectivity index (χ4n) is 3.02. The zero-order chi connectivity index (χ0) is 22.9. The molecular weight excluding hydrogens is 394 g/mol. The van der Waals surface area contributed by atoms with E-state index in [1.165, 1.54) is 0 Å². The first kappa shape index (κ1) is 24.7. The maximum Gasteiger partial charge on any atom is 0.163 e. The van der Waals surface area contributed by atoms with E-state index >= 15 is 0 Å². The van der Waals surface area contributed by atoms with Gasteiger partial charge in [-0.15, -0.1) is 0 Å². The molecule has 31 heavy (non-hydrogen) atoms. The Kier molecular flexibility index (Phi) is 9.34. The van der Waals surface area contributed by atoms with Crippen molar-refractivity contribution in [3.63, 3.8) is 0 Å². The van der Waals surface area contributed by atoms with Crippen LogP contribution < -0.4 is 19.5 Å². The van der Waals surface area contributed by atoms with Gasteiger partial charge in [0.2, 0.25) is 0 Å². The zero-order valence-electron chi connectivity index (χ0n) is 19.2. The van der Waals surface area contributed by atoms with Gasteiger partial charge in [0.15, 0.2) is 17.3 Å². The summed E-state index contributed by atoms with van der Waals surface area (Å²) in [5, 5.41) is 13.6. The van der Waals surface area contributed by atoms with Crippen LogP contribution >= 0.6 is 0 Å². The summed E-state index contributed by atoms with van der Waals surface area (Å²) in [4.78, 5) is 12.7. The molecule has 2 aromatic rings. The molecule has 1 unspecified atom stereocenters. The molecule has 0 amide bonds. The number of aliphatic hydroxyl groups is 1. The first-order valence-corrected chi connectivity index (χ1v) is 10.7. The smallest absolute Gasteiger partial charge is 0.163 e. The van der Waals surface area contributed by atoms with Gasteiger partial charge in [-0.1, -0.05) is 25.1 Å². The van der Waals surface area contributed by atoms with Crippen molar-refractivity contribution >= 4 is 5.78 Å². The largest absolute Gasteiger partial charge is 0.493 e. The summed E-state index contributed by atoms with van der Waals surface area (Å²) in [5.41, 5.74) is 1.49. The molecule has 0 fully saturated rings. The fourth-order valence-corrected chi connectivity index (χ4v) is 3.02. The second-order valence-electron chi connectivity index (χ2n) is 8.18. The van der Waals surface area contributed by atoms with Gasteiger partial charge >= 0.3 is 0 Å². The number of aliphatic hydroxyl groups excluding tert-OH is 1. The van der Waals surface area contributed by atoms with Crippen LogP contribution in [0.15, 0.2) is 42.5 Å². The molecule has 0 heterocycles. The lowest BCUT2D eigenvalue weighted by molar-refractivity contribution is 0.0966. The summed E-state index contributed by atoms with van der Waals surface area (Å²) in [7, 11) is 3.11. The number of benzene rings is 2. The number of hydrogen-bond acceptors (Lipinski definition) is 6. The third-order valence-electron chi connectivity index (χ3n) is 5.43. The van der Waals surface area contributed by atoms with Crippen molar-refractivity contribution in [3.05, 3.63) is 53.6 Å². The molecule has 2 rings (SSSR count). The van der Waals surface area contributed by atoms with Gasteiger partial charge in [0.25, 0.3) is 0 Å². The lowest BCUT2D eigenvalue weighted by atomic mass is 10.0. The normalized spacial score (nSPS) is 12.3. The molecule has 170 valence electrons. The van der Waals surface area contributed by atoms with Gasteiger partial charge in [-0.25, -0.2) is 0 Å². The monoisotopic (exact) mass is 429 g/mol. The minimum atomic E-state index is -0.618. The topological polar surface area (TPSA) is 77.0 Å². The van der Waals surface area contributed by atoms with E-state index in [-0.39, 0.29) is 17.9 Å². The molecule has 6 heteroatoms. The quantitative estimate of drug-likeness (QED) is 0.468. The molecule has 0 saturated carbocycles. The van der Waals surface area contributed by atoms with Crippen LogP contribution in [0.3, 0.4) is 0 Å². The highest BCUT2D eigenvalue weighted by molar-refractivity contribution is 5.96. The molecule has 0 bridgehead atoms. The van der Waals surface area contributed by atoms with Crippen molar-refractivity contribution in [2.45, 2.75) is 51.7 Å². The zero-order valence-corrected chi connectivity index (χ0v) is 19.2. The third-order valence-corrected chi connectivity index (χ3v) is 5.43. The Morgan fingerprint density at radius 3 is 2.45 bits per heavy atom. The van der Waals surface area contributed by atoms with E-state index in [9.17, 15) is 9.90 Å². The number of para-hydroxylation sites is 1. The second-order valence-corrected chi connectivity index (χ2v) is 8.18. The summed E-state index contributed by atoms with van der Waals surface area (Å²) in [6, 6.07) is 12.8. The Morgan fingerprint density at radius 2 is 1.77 bits per heavy atom. The number of carbonyl (C=O) groups is 1. The molecule has 0 aliphatic rings. The van der Waals surface area contributed by atoms with Crippen LogP contribution in [0.5, 0.6) is 17.2 Å². The Hall–Kier alpha value is -2.57. The first-order chi connectivity index (χ1) is 14.8. The Morgan fingerprint density at radius 1 is 1.06 bits per heavy atom. The van der Waals surface area contributed by atoms with Gasteiger partial charge < -0.3 is 24.6 Å². The SMILES string of the molecule is CCC(C)(C)NCC(O)COc1ccccc1CCC(=O)c1ccc(OC)c(OC)c1. The van der Waals surface area contributed by atoms with Crippen LogP contribution in [0.25, 0.3) is 0 Å². The summed E-state index contributed by atoms with van der Waals surface area (Å²) < 4.78 is 16.4.